The predicted molar refractivity (Wildman–Crippen MR) is 91.1 cm³/mol. The van der Waals surface area contributed by atoms with Gasteiger partial charge in [0.1, 0.15) is 12.4 Å². The van der Waals surface area contributed by atoms with Gasteiger partial charge >= 0.3 is 0 Å². The Morgan fingerprint density at radius 1 is 1.21 bits per heavy atom. The van der Waals surface area contributed by atoms with Crippen LogP contribution in [0.1, 0.15) is 11.1 Å². The lowest BCUT2D eigenvalue weighted by Crippen LogP contribution is -2.39. The average molecular weight is 327 g/mol. The molecule has 5 heteroatoms. The molecule has 1 atom stereocenters. The second-order valence-electron chi connectivity index (χ2n) is 5.70. The van der Waals surface area contributed by atoms with Crippen LogP contribution in [0, 0.1) is 6.92 Å². The van der Waals surface area contributed by atoms with Crippen LogP contribution in [-0.4, -0.2) is 31.8 Å². The minimum atomic E-state index is -0.581. The maximum absolute atomic E-state index is 12.3. The zero-order valence-electron chi connectivity index (χ0n) is 13.7. The Hall–Kier alpha value is -2.37. The number of benzene rings is 2. The van der Waals surface area contributed by atoms with Gasteiger partial charge in [0, 0.05) is 0 Å². The number of carbonyl (C=O) groups excluding carboxylic acids is 1. The van der Waals surface area contributed by atoms with Gasteiger partial charge < -0.3 is 19.5 Å². The van der Waals surface area contributed by atoms with Crippen LogP contribution in [-0.2, 0) is 20.9 Å². The van der Waals surface area contributed by atoms with Gasteiger partial charge in [-0.3, -0.25) is 4.79 Å². The Morgan fingerprint density at radius 3 is 2.79 bits per heavy atom. The SMILES string of the molecule is Cc1ccc(NC(=O)C2COCCO2)c(OCc2ccccc2)c1. The summed E-state index contributed by atoms with van der Waals surface area (Å²) in [4.78, 5) is 12.3. The van der Waals surface area contributed by atoms with Crippen LogP contribution in [0.25, 0.3) is 0 Å². The molecule has 1 unspecified atom stereocenters. The normalized spacial score (nSPS) is 17.3. The second kappa shape index (κ2) is 7.95. The van der Waals surface area contributed by atoms with E-state index in [2.05, 4.69) is 5.32 Å². The predicted octanol–water partition coefficient (Wildman–Crippen LogP) is 2.93. The molecule has 5 nitrogen and oxygen atoms in total. The summed E-state index contributed by atoms with van der Waals surface area (Å²) in [6.45, 7) is 3.66. The Bertz CT molecular complexity index is 681. The molecular weight excluding hydrogens is 306 g/mol. The van der Waals surface area contributed by atoms with Crippen LogP contribution in [0.3, 0.4) is 0 Å². The van der Waals surface area contributed by atoms with E-state index in [1.54, 1.807) is 0 Å². The number of ether oxygens (including phenoxy) is 3. The molecule has 1 aliphatic heterocycles. The minimum Gasteiger partial charge on any atom is -0.487 e. The molecule has 1 aliphatic rings. The monoisotopic (exact) mass is 327 g/mol. The molecule has 0 aromatic heterocycles. The van der Waals surface area contributed by atoms with Crippen molar-refractivity contribution < 1.29 is 19.0 Å². The third-order valence-electron chi connectivity index (χ3n) is 3.74. The van der Waals surface area contributed by atoms with Gasteiger partial charge in [0.2, 0.25) is 0 Å². The average Bonchev–Trinajstić information content (AvgIpc) is 2.63. The van der Waals surface area contributed by atoms with Crippen molar-refractivity contribution >= 4 is 11.6 Å². The first-order valence-electron chi connectivity index (χ1n) is 8.00. The van der Waals surface area contributed by atoms with Crippen LogP contribution in [0.15, 0.2) is 48.5 Å². The quantitative estimate of drug-likeness (QED) is 0.917. The molecular formula is C19H21NO4. The number of carbonyl (C=O) groups is 1. The van der Waals surface area contributed by atoms with Crippen LogP contribution in [0.4, 0.5) is 5.69 Å². The maximum Gasteiger partial charge on any atom is 0.256 e. The zero-order chi connectivity index (χ0) is 16.8. The largest absolute Gasteiger partial charge is 0.487 e. The highest BCUT2D eigenvalue weighted by Crippen LogP contribution is 2.27. The molecule has 2 aromatic carbocycles. The number of hydrogen-bond donors (Lipinski definition) is 1. The molecule has 1 amide bonds. The molecule has 1 saturated heterocycles. The lowest BCUT2D eigenvalue weighted by Gasteiger charge is -2.22. The van der Waals surface area contributed by atoms with Gasteiger partial charge in [-0.2, -0.15) is 0 Å². The highest BCUT2D eigenvalue weighted by molar-refractivity contribution is 5.95. The van der Waals surface area contributed by atoms with Gasteiger partial charge in [-0.1, -0.05) is 36.4 Å². The Balaban J connectivity index is 1.69. The van der Waals surface area contributed by atoms with Crippen molar-refractivity contribution in [3.05, 3.63) is 59.7 Å². The fourth-order valence-electron chi connectivity index (χ4n) is 2.44. The lowest BCUT2D eigenvalue weighted by molar-refractivity contribution is -0.142. The third kappa shape index (κ3) is 4.34. The van der Waals surface area contributed by atoms with Crippen molar-refractivity contribution in [3.8, 4) is 5.75 Å². The first kappa shape index (κ1) is 16.5. The van der Waals surface area contributed by atoms with Crippen LogP contribution >= 0.6 is 0 Å². The first-order chi connectivity index (χ1) is 11.7. The van der Waals surface area contributed by atoms with E-state index in [4.69, 9.17) is 14.2 Å². The van der Waals surface area contributed by atoms with Crippen molar-refractivity contribution in [1.82, 2.24) is 0 Å². The molecule has 1 fully saturated rings. The summed E-state index contributed by atoms with van der Waals surface area (Å²) in [5.74, 6) is 0.423. The highest BCUT2D eigenvalue weighted by Gasteiger charge is 2.23. The molecule has 0 spiro atoms. The minimum absolute atomic E-state index is 0.219. The highest BCUT2D eigenvalue weighted by atomic mass is 16.6. The van der Waals surface area contributed by atoms with Gasteiger partial charge in [-0.05, 0) is 30.2 Å². The van der Waals surface area contributed by atoms with Crippen molar-refractivity contribution in [3.63, 3.8) is 0 Å². The topological polar surface area (TPSA) is 56.8 Å². The van der Waals surface area contributed by atoms with Crippen molar-refractivity contribution in [2.75, 3.05) is 25.1 Å². The smallest absolute Gasteiger partial charge is 0.256 e. The van der Waals surface area contributed by atoms with E-state index in [9.17, 15) is 4.79 Å². The first-order valence-corrected chi connectivity index (χ1v) is 8.00. The van der Waals surface area contributed by atoms with E-state index < -0.39 is 6.10 Å². The van der Waals surface area contributed by atoms with Gasteiger partial charge in [-0.25, -0.2) is 0 Å². The maximum atomic E-state index is 12.3. The van der Waals surface area contributed by atoms with Crippen molar-refractivity contribution in [1.29, 1.82) is 0 Å². The molecule has 0 radical (unpaired) electrons. The summed E-state index contributed by atoms with van der Waals surface area (Å²) in [7, 11) is 0. The van der Waals surface area contributed by atoms with Crippen LogP contribution < -0.4 is 10.1 Å². The molecule has 24 heavy (non-hydrogen) atoms. The van der Waals surface area contributed by atoms with Crippen molar-refractivity contribution in [2.45, 2.75) is 19.6 Å². The van der Waals surface area contributed by atoms with Gasteiger partial charge in [-0.15, -0.1) is 0 Å². The Morgan fingerprint density at radius 2 is 2.04 bits per heavy atom. The van der Waals surface area contributed by atoms with E-state index in [1.807, 2.05) is 55.5 Å². The summed E-state index contributed by atoms with van der Waals surface area (Å²) in [6, 6.07) is 15.6. The molecule has 0 bridgehead atoms. The molecule has 126 valence electrons. The third-order valence-corrected chi connectivity index (χ3v) is 3.74. The number of nitrogens with one attached hydrogen (secondary N) is 1. The Labute approximate surface area is 141 Å². The number of hydrogen-bond acceptors (Lipinski definition) is 4. The fraction of sp³-hybridized carbons (Fsp3) is 0.316. The summed E-state index contributed by atoms with van der Waals surface area (Å²) in [6.07, 6.45) is -0.581. The van der Waals surface area contributed by atoms with E-state index >= 15 is 0 Å². The second-order valence-corrected chi connectivity index (χ2v) is 5.70. The lowest BCUT2D eigenvalue weighted by atomic mass is 10.2. The molecule has 1 N–H and O–H groups in total. The summed E-state index contributed by atoms with van der Waals surface area (Å²) in [5.41, 5.74) is 2.77. The summed E-state index contributed by atoms with van der Waals surface area (Å²) >= 11 is 0. The molecule has 2 aromatic rings. The number of anilines is 1. The standard InChI is InChI=1S/C19H21NO4/c1-14-7-8-16(20-19(21)18-13-22-9-10-23-18)17(11-14)24-12-15-5-3-2-4-6-15/h2-8,11,18H,9-10,12-13H2,1H3,(H,20,21). The number of amides is 1. The number of rotatable bonds is 5. The molecule has 0 saturated carbocycles. The van der Waals surface area contributed by atoms with E-state index in [0.717, 1.165) is 11.1 Å². The molecule has 0 aliphatic carbocycles. The van der Waals surface area contributed by atoms with Gasteiger partial charge in [0.05, 0.1) is 25.5 Å². The van der Waals surface area contributed by atoms with E-state index in [1.165, 1.54) is 0 Å². The summed E-state index contributed by atoms with van der Waals surface area (Å²) in [5, 5.41) is 2.87. The van der Waals surface area contributed by atoms with Gasteiger partial charge in [0.15, 0.2) is 6.10 Å². The fourth-order valence-corrected chi connectivity index (χ4v) is 2.44. The molecule has 3 rings (SSSR count). The Kier molecular flexibility index (Phi) is 5.46. The van der Waals surface area contributed by atoms with Crippen molar-refractivity contribution in [2.24, 2.45) is 0 Å². The summed E-state index contributed by atoms with van der Waals surface area (Å²) < 4.78 is 16.6. The molecule has 1 heterocycles. The number of aryl methyl sites for hydroxylation is 1. The van der Waals surface area contributed by atoms with Gasteiger partial charge in [0.25, 0.3) is 5.91 Å². The van der Waals surface area contributed by atoms with E-state index in [0.29, 0.717) is 31.3 Å². The zero-order valence-corrected chi connectivity index (χ0v) is 13.7. The van der Waals surface area contributed by atoms with E-state index in [-0.39, 0.29) is 12.5 Å². The van der Waals surface area contributed by atoms with Crippen LogP contribution in [0.5, 0.6) is 5.75 Å². The van der Waals surface area contributed by atoms with Crippen LogP contribution in [0.2, 0.25) is 0 Å².